The molecule has 0 atom stereocenters. The van der Waals surface area contributed by atoms with Gasteiger partial charge in [-0.25, -0.2) is 4.39 Å². The summed E-state index contributed by atoms with van der Waals surface area (Å²) in [5, 5.41) is 0.350. The number of halogens is 1. The maximum absolute atomic E-state index is 14.1. The zero-order chi connectivity index (χ0) is 15.0. The second-order valence-electron chi connectivity index (χ2n) is 4.99. The fourth-order valence-corrected chi connectivity index (χ4v) is 2.54. The molecule has 106 valence electrons. The minimum Gasteiger partial charge on any atom is -0.358 e. The van der Waals surface area contributed by atoms with Crippen molar-refractivity contribution in [2.45, 2.75) is 6.92 Å². The van der Waals surface area contributed by atoms with Gasteiger partial charge in [0.25, 0.3) is 5.91 Å². The first-order valence-corrected chi connectivity index (χ1v) is 6.69. The number of amides is 1. The molecule has 3 nitrogen and oxygen atoms in total. The van der Waals surface area contributed by atoms with Gasteiger partial charge < -0.3 is 9.88 Å². The molecule has 0 fully saturated rings. The van der Waals surface area contributed by atoms with Gasteiger partial charge in [0.15, 0.2) is 0 Å². The maximum atomic E-state index is 14.1. The molecule has 4 heteroatoms. The van der Waals surface area contributed by atoms with E-state index in [4.69, 9.17) is 0 Å². The van der Waals surface area contributed by atoms with Crippen LogP contribution in [0.25, 0.3) is 10.9 Å². The average molecular weight is 282 g/mol. The van der Waals surface area contributed by atoms with Crippen LogP contribution in [-0.4, -0.2) is 17.9 Å². The van der Waals surface area contributed by atoms with E-state index in [-0.39, 0.29) is 11.7 Å². The van der Waals surface area contributed by atoms with E-state index in [0.717, 1.165) is 5.69 Å². The third-order valence-corrected chi connectivity index (χ3v) is 3.62. The number of anilines is 1. The van der Waals surface area contributed by atoms with Gasteiger partial charge in [0, 0.05) is 29.3 Å². The molecule has 0 unspecified atom stereocenters. The van der Waals surface area contributed by atoms with Crippen molar-refractivity contribution < 1.29 is 9.18 Å². The number of nitrogens with one attached hydrogen (secondary N) is 1. The molecule has 0 aliphatic carbocycles. The first-order valence-electron chi connectivity index (χ1n) is 6.69. The molecule has 0 saturated heterocycles. The Labute approximate surface area is 122 Å². The minimum atomic E-state index is -0.387. The number of benzene rings is 2. The molecular formula is C17H15FN2O. The molecule has 0 aliphatic rings. The lowest BCUT2D eigenvalue weighted by Gasteiger charge is -2.17. The highest BCUT2D eigenvalue weighted by Crippen LogP contribution is 2.27. The lowest BCUT2D eigenvalue weighted by atomic mass is 10.1. The van der Waals surface area contributed by atoms with Crippen LogP contribution >= 0.6 is 0 Å². The standard InChI is InChI=1S/C17H15FN2O/c1-11-15(16-13(18)9-6-10-14(16)19-11)17(21)20(2)12-7-4-3-5-8-12/h3-10,19H,1-2H3. The van der Waals surface area contributed by atoms with E-state index in [1.807, 2.05) is 30.3 Å². The summed E-state index contributed by atoms with van der Waals surface area (Å²) in [7, 11) is 1.69. The summed E-state index contributed by atoms with van der Waals surface area (Å²) in [6, 6.07) is 14.1. The highest BCUT2D eigenvalue weighted by atomic mass is 19.1. The smallest absolute Gasteiger partial charge is 0.260 e. The molecule has 1 amide bonds. The molecule has 21 heavy (non-hydrogen) atoms. The summed E-state index contributed by atoms with van der Waals surface area (Å²) < 4.78 is 14.1. The Bertz CT molecular complexity index is 808. The van der Waals surface area contributed by atoms with Crippen molar-refractivity contribution in [3.05, 3.63) is 65.6 Å². The number of fused-ring (bicyclic) bond motifs is 1. The first kappa shape index (κ1) is 13.4. The lowest BCUT2D eigenvalue weighted by molar-refractivity contribution is 0.0994. The molecule has 0 bridgehead atoms. The van der Waals surface area contributed by atoms with Gasteiger partial charge in [0.1, 0.15) is 5.82 Å². The molecule has 1 heterocycles. The predicted octanol–water partition coefficient (Wildman–Crippen LogP) is 3.89. The van der Waals surface area contributed by atoms with E-state index >= 15 is 0 Å². The highest BCUT2D eigenvalue weighted by Gasteiger charge is 2.22. The fraction of sp³-hybridized carbons (Fsp3) is 0.118. The molecule has 0 aliphatic heterocycles. The Morgan fingerprint density at radius 2 is 1.81 bits per heavy atom. The number of rotatable bonds is 2. The van der Waals surface area contributed by atoms with Crippen molar-refractivity contribution in [3.63, 3.8) is 0 Å². The molecular weight excluding hydrogens is 267 g/mol. The van der Waals surface area contributed by atoms with Crippen LogP contribution in [0, 0.1) is 12.7 Å². The second kappa shape index (κ2) is 5.05. The topological polar surface area (TPSA) is 36.1 Å². The monoisotopic (exact) mass is 282 g/mol. The third-order valence-electron chi connectivity index (χ3n) is 3.62. The number of carbonyl (C=O) groups excluding carboxylic acids is 1. The molecule has 3 rings (SSSR count). The number of aryl methyl sites for hydroxylation is 1. The Hall–Kier alpha value is -2.62. The number of nitrogens with zero attached hydrogens (tertiary/aromatic N) is 1. The highest BCUT2D eigenvalue weighted by molar-refractivity contribution is 6.14. The lowest BCUT2D eigenvalue weighted by Crippen LogP contribution is -2.26. The van der Waals surface area contributed by atoms with Gasteiger partial charge >= 0.3 is 0 Å². The van der Waals surface area contributed by atoms with Crippen LogP contribution in [0.2, 0.25) is 0 Å². The zero-order valence-corrected chi connectivity index (χ0v) is 11.9. The van der Waals surface area contributed by atoms with Crippen LogP contribution in [0.15, 0.2) is 48.5 Å². The van der Waals surface area contributed by atoms with E-state index in [2.05, 4.69) is 4.98 Å². The molecule has 0 saturated carbocycles. The first-order chi connectivity index (χ1) is 10.1. The van der Waals surface area contributed by atoms with Crippen molar-refractivity contribution in [1.82, 2.24) is 4.98 Å². The Morgan fingerprint density at radius 1 is 1.10 bits per heavy atom. The van der Waals surface area contributed by atoms with Crippen molar-refractivity contribution in [3.8, 4) is 0 Å². The van der Waals surface area contributed by atoms with E-state index < -0.39 is 0 Å². The number of hydrogen-bond donors (Lipinski definition) is 1. The normalized spacial score (nSPS) is 10.8. The van der Waals surface area contributed by atoms with Crippen LogP contribution in [-0.2, 0) is 0 Å². The van der Waals surface area contributed by atoms with Crippen LogP contribution in [0.4, 0.5) is 10.1 Å². The zero-order valence-electron chi connectivity index (χ0n) is 11.9. The maximum Gasteiger partial charge on any atom is 0.260 e. The van der Waals surface area contributed by atoms with E-state index in [0.29, 0.717) is 22.2 Å². The summed E-state index contributed by atoms with van der Waals surface area (Å²) >= 11 is 0. The molecule has 3 aromatic rings. The van der Waals surface area contributed by atoms with Crippen molar-refractivity contribution in [1.29, 1.82) is 0 Å². The molecule has 0 radical (unpaired) electrons. The van der Waals surface area contributed by atoms with E-state index in [1.165, 1.54) is 11.0 Å². The molecule has 0 spiro atoms. The summed E-state index contributed by atoms with van der Waals surface area (Å²) in [4.78, 5) is 17.3. The Balaban J connectivity index is 2.12. The number of H-pyrrole nitrogens is 1. The average Bonchev–Trinajstić information content (AvgIpc) is 2.84. The van der Waals surface area contributed by atoms with Gasteiger partial charge in [-0.1, -0.05) is 24.3 Å². The number of aromatic nitrogens is 1. The van der Waals surface area contributed by atoms with E-state index in [1.54, 1.807) is 26.1 Å². The molecule has 2 aromatic carbocycles. The summed E-state index contributed by atoms with van der Waals surface area (Å²) in [6.45, 7) is 1.78. The molecule has 1 aromatic heterocycles. The summed E-state index contributed by atoms with van der Waals surface area (Å²) in [5.74, 6) is -0.614. The largest absolute Gasteiger partial charge is 0.358 e. The van der Waals surface area contributed by atoms with Gasteiger partial charge in [-0.3, -0.25) is 4.79 Å². The predicted molar refractivity (Wildman–Crippen MR) is 82.2 cm³/mol. The van der Waals surface area contributed by atoms with Crippen LogP contribution in [0.5, 0.6) is 0 Å². The van der Waals surface area contributed by atoms with Crippen LogP contribution in [0.1, 0.15) is 16.1 Å². The Kier molecular flexibility index (Phi) is 3.22. The second-order valence-corrected chi connectivity index (χ2v) is 4.99. The number of carbonyl (C=O) groups is 1. The van der Waals surface area contributed by atoms with Crippen molar-refractivity contribution in [2.75, 3.05) is 11.9 Å². The number of para-hydroxylation sites is 1. The summed E-state index contributed by atoms with van der Waals surface area (Å²) in [5.41, 5.74) is 2.46. The summed E-state index contributed by atoms with van der Waals surface area (Å²) in [6.07, 6.45) is 0. The van der Waals surface area contributed by atoms with Crippen LogP contribution in [0.3, 0.4) is 0 Å². The van der Waals surface area contributed by atoms with Gasteiger partial charge in [-0.15, -0.1) is 0 Å². The van der Waals surface area contributed by atoms with Crippen LogP contribution < -0.4 is 4.90 Å². The SMILES string of the molecule is Cc1[nH]c2cccc(F)c2c1C(=O)N(C)c1ccccc1. The van der Waals surface area contributed by atoms with Gasteiger partial charge in [-0.2, -0.15) is 0 Å². The third kappa shape index (κ3) is 2.18. The quantitative estimate of drug-likeness (QED) is 0.760. The van der Waals surface area contributed by atoms with E-state index in [9.17, 15) is 9.18 Å². The van der Waals surface area contributed by atoms with Crippen molar-refractivity contribution in [2.24, 2.45) is 0 Å². The van der Waals surface area contributed by atoms with Crippen molar-refractivity contribution >= 4 is 22.5 Å². The number of hydrogen-bond acceptors (Lipinski definition) is 1. The fourth-order valence-electron chi connectivity index (χ4n) is 2.54. The number of aromatic amines is 1. The minimum absolute atomic E-state index is 0.227. The Morgan fingerprint density at radius 3 is 2.52 bits per heavy atom. The van der Waals surface area contributed by atoms with Gasteiger partial charge in [0.2, 0.25) is 0 Å². The van der Waals surface area contributed by atoms with Gasteiger partial charge in [-0.05, 0) is 31.2 Å². The van der Waals surface area contributed by atoms with Gasteiger partial charge in [0.05, 0.1) is 5.56 Å². The molecule has 1 N–H and O–H groups in total.